The van der Waals surface area contributed by atoms with Gasteiger partial charge in [0.15, 0.2) is 0 Å². The summed E-state index contributed by atoms with van der Waals surface area (Å²) >= 11 is 1.52. The fourth-order valence-electron chi connectivity index (χ4n) is 2.42. The summed E-state index contributed by atoms with van der Waals surface area (Å²) < 4.78 is -0.0414. The van der Waals surface area contributed by atoms with Gasteiger partial charge in [0, 0.05) is 0 Å². The van der Waals surface area contributed by atoms with E-state index in [0.29, 0.717) is 0 Å². The molecular formula is C13H21GeO. The molecule has 0 aliphatic carbocycles. The van der Waals surface area contributed by atoms with Crippen LogP contribution in [0.4, 0.5) is 0 Å². The molecule has 0 aromatic carbocycles. The summed E-state index contributed by atoms with van der Waals surface area (Å²) in [6, 6.07) is 0. The summed E-state index contributed by atoms with van der Waals surface area (Å²) in [7, 11) is 0. The maximum absolute atomic E-state index is 10.9. The molecule has 15 heavy (non-hydrogen) atoms. The van der Waals surface area contributed by atoms with Crippen LogP contribution in [-0.4, -0.2) is 21.1 Å². The molecule has 0 aliphatic rings. The van der Waals surface area contributed by atoms with Crippen LogP contribution in [0, 0.1) is 22.7 Å². The van der Waals surface area contributed by atoms with E-state index >= 15 is 0 Å². The van der Waals surface area contributed by atoms with Crippen molar-refractivity contribution in [1.82, 2.24) is 0 Å². The van der Waals surface area contributed by atoms with E-state index in [1.807, 2.05) is 0 Å². The molecule has 0 spiro atoms. The number of carbonyl (C=O) groups excluding carboxylic acids is 1. The molecule has 0 atom stereocenters. The maximum atomic E-state index is 10.9. The second-order valence-electron chi connectivity index (χ2n) is 4.55. The summed E-state index contributed by atoms with van der Waals surface area (Å²) in [4.78, 5) is 10.9. The minimum absolute atomic E-state index is 0.0414. The van der Waals surface area contributed by atoms with Gasteiger partial charge < -0.3 is 0 Å². The normalized spacial score (nSPS) is 11.9. The van der Waals surface area contributed by atoms with E-state index in [-0.39, 0.29) is 15.4 Å². The molecule has 0 aromatic heterocycles. The van der Waals surface area contributed by atoms with Gasteiger partial charge in [-0.2, -0.15) is 0 Å². The zero-order chi connectivity index (χ0) is 12.1. The van der Waals surface area contributed by atoms with Gasteiger partial charge >= 0.3 is 102 Å². The summed E-state index contributed by atoms with van der Waals surface area (Å²) in [6.07, 6.45) is 3.33. The van der Waals surface area contributed by atoms with E-state index in [4.69, 9.17) is 0 Å². The van der Waals surface area contributed by atoms with Crippen LogP contribution in [0.1, 0.15) is 53.9 Å². The molecule has 1 nitrogen and oxygen atoms in total. The van der Waals surface area contributed by atoms with Crippen molar-refractivity contribution in [2.45, 2.75) is 53.9 Å². The molecule has 0 saturated carbocycles. The summed E-state index contributed by atoms with van der Waals surface area (Å²) in [5.41, 5.74) is 0.145. The summed E-state index contributed by atoms with van der Waals surface area (Å²) in [5, 5.41) is 0. The monoisotopic (exact) mass is 267 g/mol. The van der Waals surface area contributed by atoms with E-state index in [1.165, 1.54) is 16.5 Å². The van der Waals surface area contributed by atoms with Gasteiger partial charge in [0.1, 0.15) is 0 Å². The predicted octanol–water partition coefficient (Wildman–Crippen LogP) is 2.93. The predicted molar refractivity (Wildman–Crippen MR) is 65.6 cm³/mol. The molecule has 2 heteroatoms. The number of hydrogen-bond donors (Lipinski definition) is 0. The fraction of sp³-hybridized carbons (Fsp3) is 0.769. The Morgan fingerprint density at radius 1 is 1.13 bits per heavy atom. The van der Waals surface area contributed by atoms with Crippen LogP contribution in [0.2, 0.25) is 0 Å². The average molecular weight is 266 g/mol. The van der Waals surface area contributed by atoms with Crippen molar-refractivity contribution < 1.29 is 4.79 Å². The Morgan fingerprint density at radius 3 is 1.80 bits per heavy atom. The van der Waals surface area contributed by atoms with E-state index in [1.54, 1.807) is 0 Å². The third kappa shape index (κ3) is 3.38. The Bertz CT molecular complexity index is 268. The van der Waals surface area contributed by atoms with Gasteiger partial charge in [-0.15, -0.1) is 0 Å². The molecule has 0 aromatic rings. The quantitative estimate of drug-likeness (QED) is 0.564. The van der Waals surface area contributed by atoms with Gasteiger partial charge in [0.05, 0.1) is 0 Å². The van der Waals surface area contributed by atoms with Crippen molar-refractivity contribution in [2.24, 2.45) is 10.8 Å². The topological polar surface area (TPSA) is 17.1 Å². The Morgan fingerprint density at radius 2 is 1.53 bits per heavy atom. The van der Waals surface area contributed by atoms with Gasteiger partial charge in [-0.3, -0.25) is 0 Å². The molecule has 0 saturated heterocycles. The van der Waals surface area contributed by atoms with Crippen LogP contribution in [0.3, 0.4) is 0 Å². The fourth-order valence-corrected chi connectivity index (χ4v) is 2.55. The average Bonchev–Trinajstić information content (AvgIpc) is 2.18. The molecular weight excluding hydrogens is 245 g/mol. The van der Waals surface area contributed by atoms with Crippen LogP contribution in [0.15, 0.2) is 0 Å². The minimum atomic E-state index is -0.0864. The van der Waals surface area contributed by atoms with Crippen molar-refractivity contribution >= 4 is 21.1 Å². The molecule has 0 aliphatic heterocycles. The second kappa shape index (κ2) is 5.75. The van der Waals surface area contributed by atoms with Crippen molar-refractivity contribution in [2.75, 3.05) is 0 Å². The number of hydrogen-bond acceptors (Lipinski definition) is 1. The first kappa shape index (κ1) is 14.8. The van der Waals surface area contributed by atoms with Crippen LogP contribution in [-0.2, 0) is 4.79 Å². The zero-order valence-corrected chi connectivity index (χ0v) is 12.6. The molecule has 0 bridgehead atoms. The van der Waals surface area contributed by atoms with Crippen molar-refractivity contribution in [3.8, 4) is 11.8 Å². The SMILES string of the molecule is CCC(CC)(CC)C(C)(C)C#C[C](=O)[Ge]. The van der Waals surface area contributed by atoms with Crippen molar-refractivity contribution in [3.05, 3.63) is 0 Å². The van der Waals surface area contributed by atoms with E-state index in [9.17, 15) is 4.79 Å². The van der Waals surface area contributed by atoms with Gasteiger partial charge in [0.25, 0.3) is 0 Å². The van der Waals surface area contributed by atoms with E-state index in [2.05, 4.69) is 46.5 Å². The Kier molecular flexibility index (Phi) is 5.66. The third-order valence-electron chi connectivity index (χ3n) is 3.84. The number of carbonyl (C=O) groups is 1. The van der Waals surface area contributed by atoms with Gasteiger partial charge in [0.2, 0.25) is 0 Å². The van der Waals surface area contributed by atoms with Gasteiger partial charge in [-0.25, -0.2) is 0 Å². The van der Waals surface area contributed by atoms with Gasteiger partial charge in [-0.05, 0) is 0 Å². The molecule has 0 fully saturated rings. The summed E-state index contributed by atoms with van der Waals surface area (Å²) in [6.45, 7) is 10.9. The van der Waals surface area contributed by atoms with Crippen molar-refractivity contribution in [3.63, 3.8) is 0 Å². The first-order valence-electron chi connectivity index (χ1n) is 5.64. The van der Waals surface area contributed by atoms with Crippen LogP contribution < -0.4 is 0 Å². The first-order valence-corrected chi connectivity index (χ1v) is 6.69. The molecule has 0 amide bonds. The van der Waals surface area contributed by atoms with Crippen LogP contribution >= 0.6 is 0 Å². The van der Waals surface area contributed by atoms with E-state index in [0.717, 1.165) is 19.3 Å². The Hall–Kier alpha value is -0.227. The molecule has 0 N–H and O–H groups in total. The van der Waals surface area contributed by atoms with Crippen LogP contribution in [0.5, 0.6) is 0 Å². The van der Waals surface area contributed by atoms with Crippen LogP contribution in [0.25, 0.3) is 0 Å². The zero-order valence-electron chi connectivity index (χ0n) is 10.5. The standard InChI is InChI=1S/C13H21GeO/c1-6-13(7-2,8-3)12(4,5)10-9-11(14)15/h6-8H2,1-5H3. The van der Waals surface area contributed by atoms with Crippen molar-refractivity contribution in [1.29, 1.82) is 0 Å². The molecule has 83 valence electrons. The number of rotatable bonds is 4. The summed E-state index contributed by atoms with van der Waals surface area (Å²) in [5.74, 6) is 5.86. The molecule has 3 radical (unpaired) electrons. The molecule has 0 rings (SSSR count). The first-order chi connectivity index (χ1) is 6.85. The Labute approximate surface area is 103 Å². The molecule has 0 heterocycles. The Balaban J connectivity index is 5.14. The molecule has 0 unspecified atom stereocenters. The van der Waals surface area contributed by atoms with E-state index < -0.39 is 0 Å². The third-order valence-corrected chi connectivity index (χ3v) is 4.11. The second-order valence-corrected chi connectivity index (χ2v) is 5.50. The van der Waals surface area contributed by atoms with Gasteiger partial charge in [-0.1, -0.05) is 0 Å².